The average molecular weight is 151 g/mol. The maximum absolute atomic E-state index is 11.7. The molecule has 1 aliphatic heterocycles. The molecular weight excluding hydrogens is 145 g/mol. The molecule has 0 aliphatic carbocycles. The molecule has 0 amide bonds. The van der Waals surface area contributed by atoms with Gasteiger partial charge >= 0.3 is 6.18 Å². The van der Waals surface area contributed by atoms with Crippen LogP contribution in [0.15, 0.2) is 5.76 Å². The van der Waals surface area contributed by atoms with E-state index in [0.29, 0.717) is 12.8 Å². The molecule has 0 saturated carbocycles. The summed E-state index contributed by atoms with van der Waals surface area (Å²) >= 11 is 0. The first-order chi connectivity index (χ1) is 4.61. The van der Waals surface area contributed by atoms with Gasteiger partial charge in [0.1, 0.15) is 0 Å². The van der Waals surface area contributed by atoms with Crippen LogP contribution >= 0.6 is 0 Å². The number of allylic oxidation sites excluding steroid dienone is 2. The maximum Gasteiger partial charge on any atom is 0.449 e. The van der Waals surface area contributed by atoms with Crippen molar-refractivity contribution in [2.75, 3.05) is 6.61 Å². The van der Waals surface area contributed by atoms with Crippen molar-refractivity contribution in [3.8, 4) is 0 Å². The van der Waals surface area contributed by atoms with E-state index in [0.717, 1.165) is 0 Å². The van der Waals surface area contributed by atoms with Crippen LogP contribution in [0.1, 0.15) is 12.8 Å². The molecule has 0 aromatic heterocycles. The molecule has 10 heavy (non-hydrogen) atoms. The van der Waals surface area contributed by atoms with E-state index < -0.39 is 11.9 Å². The molecule has 0 aromatic carbocycles. The highest BCUT2D eigenvalue weighted by molar-refractivity contribution is 4.97. The van der Waals surface area contributed by atoms with E-state index in [2.05, 4.69) is 10.8 Å². The minimum Gasteiger partial charge on any atom is -0.489 e. The Bertz CT molecular complexity index is 148. The molecule has 4 heteroatoms. The summed E-state index contributed by atoms with van der Waals surface area (Å²) in [5.41, 5.74) is 0. The summed E-state index contributed by atoms with van der Waals surface area (Å²) in [6, 6.07) is 0. The molecule has 1 radical (unpaired) electrons. The Morgan fingerprint density at radius 3 is 2.40 bits per heavy atom. The normalized spacial score (nSPS) is 19.7. The van der Waals surface area contributed by atoms with Gasteiger partial charge in [0.25, 0.3) is 0 Å². The van der Waals surface area contributed by atoms with Gasteiger partial charge in [-0.1, -0.05) is 0 Å². The van der Waals surface area contributed by atoms with Gasteiger partial charge in [-0.25, -0.2) is 0 Å². The Kier molecular flexibility index (Phi) is 1.87. The predicted octanol–water partition coefficient (Wildman–Crippen LogP) is 2.05. The number of ether oxygens (including phenoxy) is 1. The summed E-state index contributed by atoms with van der Waals surface area (Å²) in [4.78, 5) is 0. The third-order valence-corrected chi connectivity index (χ3v) is 1.11. The molecule has 1 heterocycles. The summed E-state index contributed by atoms with van der Waals surface area (Å²) in [6.07, 6.45) is -1.25. The van der Waals surface area contributed by atoms with Gasteiger partial charge in [-0.05, 0) is 12.8 Å². The zero-order valence-electron chi connectivity index (χ0n) is 5.16. The second-order valence-electron chi connectivity index (χ2n) is 1.96. The number of halogens is 3. The molecule has 57 valence electrons. The molecule has 1 nitrogen and oxygen atoms in total. The van der Waals surface area contributed by atoms with Gasteiger partial charge in [0.2, 0.25) is 5.76 Å². The van der Waals surface area contributed by atoms with Crippen molar-refractivity contribution in [1.82, 2.24) is 0 Å². The summed E-state index contributed by atoms with van der Waals surface area (Å²) in [7, 11) is 0. The Balaban J connectivity index is 2.62. The fourth-order valence-electron chi connectivity index (χ4n) is 0.681. The largest absolute Gasteiger partial charge is 0.489 e. The maximum atomic E-state index is 11.7. The molecule has 0 N–H and O–H groups in total. The number of rotatable bonds is 0. The van der Waals surface area contributed by atoms with Gasteiger partial charge in [0.15, 0.2) is 0 Å². The summed E-state index contributed by atoms with van der Waals surface area (Å²) in [6.45, 7) is 0.155. The molecule has 0 saturated heterocycles. The van der Waals surface area contributed by atoms with Crippen molar-refractivity contribution < 1.29 is 17.9 Å². The van der Waals surface area contributed by atoms with Crippen molar-refractivity contribution in [3.63, 3.8) is 0 Å². The fourth-order valence-corrected chi connectivity index (χ4v) is 0.681. The van der Waals surface area contributed by atoms with Crippen molar-refractivity contribution in [3.05, 3.63) is 11.8 Å². The van der Waals surface area contributed by atoms with Crippen LogP contribution < -0.4 is 0 Å². The summed E-state index contributed by atoms with van der Waals surface area (Å²) < 4.78 is 39.5. The Morgan fingerprint density at radius 1 is 1.40 bits per heavy atom. The zero-order chi connectivity index (χ0) is 7.61. The van der Waals surface area contributed by atoms with Gasteiger partial charge < -0.3 is 4.74 Å². The highest BCUT2D eigenvalue weighted by atomic mass is 19.4. The lowest BCUT2D eigenvalue weighted by Gasteiger charge is -2.15. The van der Waals surface area contributed by atoms with Gasteiger partial charge in [-0.2, -0.15) is 13.2 Å². The molecule has 0 unspecified atom stereocenters. The number of hydrogen-bond donors (Lipinski definition) is 0. The van der Waals surface area contributed by atoms with E-state index in [1.54, 1.807) is 0 Å². The minimum atomic E-state index is -4.35. The van der Waals surface area contributed by atoms with Crippen molar-refractivity contribution in [2.24, 2.45) is 0 Å². The topological polar surface area (TPSA) is 9.23 Å². The van der Waals surface area contributed by atoms with Crippen molar-refractivity contribution >= 4 is 0 Å². The van der Waals surface area contributed by atoms with Gasteiger partial charge in [0, 0.05) is 6.08 Å². The third kappa shape index (κ3) is 1.65. The fraction of sp³-hybridized carbons (Fsp3) is 0.667. The van der Waals surface area contributed by atoms with E-state index >= 15 is 0 Å². The van der Waals surface area contributed by atoms with Crippen molar-refractivity contribution in [1.29, 1.82) is 0 Å². The van der Waals surface area contributed by atoms with Gasteiger partial charge in [-0.15, -0.1) is 0 Å². The van der Waals surface area contributed by atoms with Crippen LogP contribution in [0.2, 0.25) is 0 Å². The van der Waals surface area contributed by atoms with Crippen LogP contribution in [0.4, 0.5) is 13.2 Å². The lowest BCUT2D eigenvalue weighted by Crippen LogP contribution is -2.18. The van der Waals surface area contributed by atoms with E-state index in [9.17, 15) is 13.2 Å². The lowest BCUT2D eigenvalue weighted by atomic mass is 10.2. The SMILES string of the molecule is FC(F)(F)C1=[C]CCCO1. The van der Waals surface area contributed by atoms with E-state index in [1.165, 1.54) is 0 Å². The minimum absolute atomic E-state index is 0.155. The second kappa shape index (κ2) is 2.52. The molecule has 0 fully saturated rings. The van der Waals surface area contributed by atoms with Gasteiger partial charge in [-0.3, -0.25) is 0 Å². The van der Waals surface area contributed by atoms with E-state index in [1.807, 2.05) is 0 Å². The van der Waals surface area contributed by atoms with E-state index in [4.69, 9.17) is 0 Å². The third-order valence-electron chi connectivity index (χ3n) is 1.11. The van der Waals surface area contributed by atoms with Crippen LogP contribution in [0.3, 0.4) is 0 Å². The lowest BCUT2D eigenvalue weighted by molar-refractivity contribution is -0.134. The number of alkyl halides is 3. The average Bonchev–Trinajstić information content (AvgIpc) is 1.88. The standard InChI is InChI=1S/C6H6F3O/c7-6(8,9)5-3-1-2-4-10-5/h1-2,4H2. The second-order valence-corrected chi connectivity index (χ2v) is 1.96. The smallest absolute Gasteiger partial charge is 0.449 e. The first-order valence-electron chi connectivity index (χ1n) is 2.91. The van der Waals surface area contributed by atoms with Crippen LogP contribution in [-0.4, -0.2) is 12.8 Å². The molecule has 1 rings (SSSR count). The Labute approximate surface area is 56.5 Å². The van der Waals surface area contributed by atoms with Crippen LogP contribution in [0.5, 0.6) is 0 Å². The molecule has 1 aliphatic rings. The van der Waals surface area contributed by atoms with Crippen LogP contribution in [0.25, 0.3) is 0 Å². The molecular formula is C6H6F3O. The van der Waals surface area contributed by atoms with Crippen LogP contribution in [0, 0.1) is 6.08 Å². The first kappa shape index (κ1) is 7.44. The molecule has 0 aromatic rings. The number of hydrogen-bond acceptors (Lipinski definition) is 1. The quantitative estimate of drug-likeness (QED) is 0.514. The van der Waals surface area contributed by atoms with E-state index in [-0.39, 0.29) is 6.61 Å². The highest BCUT2D eigenvalue weighted by Crippen LogP contribution is 2.28. The Morgan fingerprint density at radius 2 is 2.10 bits per heavy atom. The Hall–Kier alpha value is -0.670. The zero-order valence-corrected chi connectivity index (χ0v) is 5.16. The summed E-state index contributed by atoms with van der Waals surface area (Å²) in [5.74, 6) is -0.959. The first-order valence-corrected chi connectivity index (χ1v) is 2.91. The molecule has 0 spiro atoms. The monoisotopic (exact) mass is 151 g/mol. The van der Waals surface area contributed by atoms with Crippen LogP contribution in [-0.2, 0) is 4.74 Å². The summed E-state index contributed by atoms with van der Waals surface area (Å²) in [5, 5.41) is 0. The van der Waals surface area contributed by atoms with Gasteiger partial charge in [0.05, 0.1) is 6.61 Å². The highest BCUT2D eigenvalue weighted by Gasteiger charge is 2.36. The molecule has 0 atom stereocenters. The van der Waals surface area contributed by atoms with Crippen molar-refractivity contribution in [2.45, 2.75) is 19.0 Å². The molecule has 0 bridgehead atoms. The predicted molar refractivity (Wildman–Crippen MR) is 28.0 cm³/mol.